The van der Waals surface area contributed by atoms with E-state index in [4.69, 9.17) is 17.0 Å². The number of thioether (sulfide) groups is 1. The third-order valence-corrected chi connectivity index (χ3v) is 5.23. The summed E-state index contributed by atoms with van der Waals surface area (Å²) < 4.78 is 6.05. The second-order valence-electron chi connectivity index (χ2n) is 5.06. The average molecular weight is 333 g/mol. The lowest BCUT2D eigenvalue weighted by Crippen LogP contribution is -2.38. The molecule has 1 aromatic rings. The standard InChI is InChI=1S/C16H15NO3S2/c18-14-9-11(15(19)13-4-2-1-3-12(13)14)10-22-16(21)17-5-7-20-8-6-17/h1-4,9H,5-8,10H2. The molecule has 1 fully saturated rings. The highest BCUT2D eigenvalue weighted by molar-refractivity contribution is 8.23. The van der Waals surface area contributed by atoms with E-state index in [2.05, 4.69) is 4.90 Å². The van der Waals surface area contributed by atoms with Crippen LogP contribution in [0.15, 0.2) is 35.9 Å². The maximum atomic E-state index is 12.4. The van der Waals surface area contributed by atoms with Gasteiger partial charge in [0.15, 0.2) is 11.6 Å². The molecule has 0 unspecified atom stereocenters. The first-order valence-corrected chi connectivity index (χ1v) is 8.44. The molecule has 0 radical (unpaired) electrons. The monoisotopic (exact) mass is 333 g/mol. The fraction of sp³-hybridized carbons (Fsp3) is 0.312. The Bertz CT molecular complexity index is 663. The van der Waals surface area contributed by atoms with Crippen LogP contribution in [0.3, 0.4) is 0 Å². The molecule has 0 amide bonds. The maximum absolute atomic E-state index is 12.4. The van der Waals surface area contributed by atoms with Crippen molar-refractivity contribution in [1.29, 1.82) is 0 Å². The van der Waals surface area contributed by atoms with E-state index in [0.29, 0.717) is 35.7 Å². The van der Waals surface area contributed by atoms with E-state index in [9.17, 15) is 9.59 Å². The number of thiocarbonyl (C=S) groups is 1. The number of fused-ring (bicyclic) bond motifs is 1. The molecule has 1 saturated heterocycles. The van der Waals surface area contributed by atoms with Gasteiger partial charge in [0.25, 0.3) is 0 Å². The largest absolute Gasteiger partial charge is 0.378 e. The van der Waals surface area contributed by atoms with Gasteiger partial charge < -0.3 is 9.64 Å². The zero-order valence-electron chi connectivity index (χ0n) is 11.9. The number of nitrogens with zero attached hydrogens (tertiary/aromatic N) is 1. The Morgan fingerprint density at radius 1 is 1.18 bits per heavy atom. The number of hydrogen-bond donors (Lipinski definition) is 0. The molecule has 1 heterocycles. The summed E-state index contributed by atoms with van der Waals surface area (Å²) in [5.74, 6) is 0.241. The van der Waals surface area contributed by atoms with Crippen molar-refractivity contribution < 1.29 is 14.3 Å². The zero-order valence-corrected chi connectivity index (χ0v) is 13.5. The van der Waals surface area contributed by atoms with Crippen LogP contribution in [-0.4, -0.2) is 52.8 Å². The van der Waals surface area contributed by atoms with Crippen molar-refractivity contribution in [3.63, 3.8) is 0 Å². The summed E-state index contributed by atoms with van der Waals surface area (Å²) >= 11 is 6.83. The highest BCUT2D eigenvalue weighted by atomic mass is 32.2. The predicted octanol–water partition coefficient (Wildman–Crippen LogP) is 2.34. The first-order valence-electron chi connectivity index (χ1n) is 7.05. The zero-order chi connectivity index (χ0) is 15.5. The molecule has 0 N–H and O–H groups in total. The van der Waals surface area contributed by atoms with Crippen molar-refractivity contribution in [2.24, 2.45) is 0 Å². The minimum Gasteiger partial charge on any atom is -0.378 e. The number of carbonyl (C=O) groups excluding carboxylic acids is 2. The summed E-state index contributed by atoms with van der Waals surface area (Å²) in [6.45, 7) is 2.91. The molecule has 3 rings (SSSR count). The number of allylic oxidation sites excluding steroid dienone is 1. The molecule has 1 aliphatic heterocycles. The van der Waals surface area contributed by atoms with Crippen molar-refractivity contribution in [3.8, 4) is 0 Å². The summed E-state index contributed by atoms with van der Waals surface area (Å²) in [7, 11) is 0. The third kappa shape index (κ3) is 3.14. The van der Waals surface area contributed by atoms with Crippen molar-refractivity contribution >= 4 is 39.9 Å². The number of rotatable bonds is 2. The first-order chi connectivity index (χ1) is 10.7. The number of hydrogen-bond acceptors (Lipinski definition) is 5. The van der Waals surface area contributed by atoms with Crippen LogP contribution < -0.4 is 0 Å². The van der Waals surface area contributed by atoms with Crippen LogP contribution in [0.4, 0.5) is 0 Å². The minimum absolute atomic E-state index is 0.0764. The molecule has 114 valence electrons. The first kappa shape index (κ1) is 15.4. The number of ether oxygens (including phenoxy) is 1. The van der Waals surface area contributed by atoms with Gasteiger partial charge in [0, 0.05) is 35.5 Å². The lowest BCUT2D eigenvalue weighted by atomic mass is 9.90. The van der Waals surface area contributed by atoms with Crippen LogP contribution in [-0.2, 0) is 4.74 Å². The van der Waals surface area contributed by atoms with E-state index in [-0.39, 0.29) is 11.6 Å². The van der Waals surface area contributed by atoms with E-state index in [1.807, 2.05) is 0 Å². The Hall–Kier alpha value is -1.50. The highest BCUT2D eigenvalue weighted by Crippen LogP contribution is 2.24. The van der Waals surface area contributed by atoms with Crippen LogP contribution in [0.5, 0.6) is 0 Å². The Labute approximate surface area is 138 Å². The summed E-state index contributed by atoms with van der Waals surface area (Å²) in [4.78, 5) is 26.6. The molecule has 0 atom stereocenters. The topological polar surface area (TPSA) is 46.6 Å². The van der Waals surface area contributed by atoms with Crippen LogP contribution in [0.2, 0.25) is 0 Å². The highest BCUT2D eigenvalue weighted by Gasteiger charge is 2.25. The van der Waals surface area contributed by atoms with Crippen LogP contribution >= 0.6 is 24.0 Å². The molecule has 6 heteroatoms. The van der Waals surface area contributed by atoms with Crippen LogP contribution in [0.25, 0.3) is 0 Å². The summed E-state index contributed by atoms with van der Waals surface area (Å²) in [5, 5.41) is 0. The van der Waals surface area contributed by atoms with Crippen molar-refractivity contribution in [1.82, 2.24) is 4.90 Å². The SMILES string of the molecule is O=C1C=C(CSC(=S)N2CCOCC2)C(=O)c2ccccc21. The summed E-state index contributed by atoms with van der Waals surface area (Å²) in [6, 6.07) is 6.94. The second-order valence-corrected chi connectivity index (χ2v) is 6.67. The number of Topliss-reactive ketones (excluding diaryl/α,β-unsaturated/α-hetero) is 1. The molecular weight excluding hydrogens is 318 g/mol. The molecule has 22 heavy (non-hydrogen) atoms. The van der Waals surface area contributed by atoms with Gasteiger partial charge in [0.05, 0.1) is 13.2 Å². The normalized spacial score (nSPS) is 18.0. The van der Waals surface area contributed by atoms with Gasteiger partial charge in [-0.1, -0.05) is 48.2 Å². The Morgan fingerprint density at radius 2 is 1.86 bits per heavy atom. The van der Waals surface area contributed by atoms with Gasteiger partial charge in [0.1, 0.15) is 4.32 Å². The molecule has 2 aliphatic rings. The molecule has 0 spiro atoms. The van der Waals surface area contributed by atoms with Crippen LogP contribution in [0, 0.1) is 0 Å². The van der Waals surface area contributed by atoms with E-state index in [1.54, 1.807) is 24.3 Å². The lowest BCUT2D eigenvalue weighted by Gasteiger charge is -2.28. The third-order valence-electron chi connectivity index (χ3n) is 3.65. The smallest absolute Gasteiger partial charge is 0.190 e. The van der Waals surface area contributed by atoms with E-state index in [0.717, 1.165) is 17.4 Å². The average Bonchev–Trinajstić information content (AvgIpc) is 2.57. The fourth-order valence-electron chi connectivity index (χ4n) is 2.45. The van der Waals surface area contributed by atoms with Gasteiger partial charge in [0.2, 0.25) is 0 Å². The van der Waals surface area contributed by atoms with Crippen LogP contribution in [0.1, 0.15) is 20.7 Å². The maximum Gasteiger partial charge on any atom is 0.190 e. The Morgan fingerprint density at radius 3 is 2.59 bits per heavy atom. The van der Waals surface area contributed by atoms with Crippen molar-refractivity contribution in [3.05, 3.63) is 47.0 Å². The summed E-state index contributed by atoms with van der Waals surface area (Å²) in [5.41, 5.74) is 1.49. The molecule has 0 aromatic heterocycles. The van der Waals surface area contributed by atoms with Gasteiger partial charge in [-0.25, -0.2) is 0 Å². The van der Waals surface area contributed by atoms with Crippen molar-refractivity contribution in [2.75, 3.05) is 32.1 Å². The van der Waals surface area contributed by atoms with Gasteiger partial charge >= 0.3 is 0 Å². The number of carbonyl (C=O) groups is 2. The molecular formula is C16H15NO3S2. The number of benzene rings is 1. The number of ketones is 2. The number of morpholine rings is 1. The molecule has 1 aromatic carbocycles. The molecule has 4 nitrogen and oxygen atoms in total. The van der Waals surface area contributed by atoms with E-state index >= 15 is 0 Å². The van der Waals surface area contributed by atoms with Gasteiger partial charge in [-0.05, 0) is 6.08 Å². The molecule has 1 aliphatic carbocycles. The Kier molecular flexibility index (Phi) is 4.71. The second kappa shape index (κ2) is 6.73. The minimum atomic E-state index is -0.108. The summed E-state index contributed by atoms with van der Waals surface area (Å²) in [6.07, 6.45) is 1.44. The van der Waals surface area contributed by atoms with Crippen molar-refractivity contribution in [2.45, 2.75) is 0 Å². The van der Waals surface area contributed by atoms with Gasteiger partial charge in [-0.3, -0.25) is 9.59 Å². The predicted molar refractivity (Wildman–Crippen MR) is 90.6 cm³/mol. The molecule has 0 saturated carbocycles. The molecule has 0 bridgehead atoms. The quantitative estimate of drug-likeness (QED) is 0.774. The van der Waals surface area contributed by atoms with E-state index in [1.165, 1.54) is 17.8 Å². The lowest BCUT2D eigenvalue weighted by molar-refractivity contribution is 0.0702. The van der Waals surface area contributed by atoms with Gasteiger partial charge in [-0.2, -0.15) is 0 Å². The fourth-order valence-corrected chi connectivity index (χ4v) is 3.67. The van der Waals surface area contributed by atoms with Gasteiger partial charge in [-0.15, -0.1) is 0 Å². The Balaban J connectivity index is 1.67. The van der Waals surface area contributed by atoms with E-state index < -0.39 is 0 Å².